The second-order valence-corrected chi connectivity index (χ2v) is 9.45. The maximum Gasteiger partial charge on any atom is 0.242 e. The van der Waals surface area contributed by atoms with E-state index in [1.807, 2.05) is 13.0 Å². The first-order valence-corrected chi connectivity index (χ1v) is 11.9. The lowest BCUT2D eigenvalue weighted by Crippen LogP contribution is -2.48. The number of benzene rings is 1. The molecule has 178 valence electrons. The van der Waals surface area contributed by atoms with E-state index in [4.69, 9.17) is 9.72 Å². The molecule has 0 amide bonds. The summed E-state index contributed by atoms with van der Waals surface area (Å²) in [4.78, 5) is 15.7. The zero-order valence-corrected chi connectivity index (χ0v) is 19.0. The van der Waals surface area contributed by atoms with Crippen LogP contribution in [-0.2, 0) is 11.3 Å². The van der Waals surface area contributed by atoms with Crippen LogP contribution in [0.2, 0.25) is 0 Å². The van der Waals surface area contributed by atoms with Crippen molar-refractivity contribution in [1.29, 1.82) is 0 Å². The van der Waals surface area contributed by atoms with Gasteiger partial charge in [-0.25, -0.2) is 23.4 Å². The Kier molecular flexibility index (Phi) is 5.40. The number of hydrogen-bond donors (Lipinski definition) is 1. The standard InChI is InChI=1S/C24H27F2N7O/c1-14-10-19(28-13-27-14)32-11-15-6-7-16(12-32)21(15)29-24-30-23-22(34-9-3-8-33(23)31-24)17-4-2-5-18(25)20(17)26/h2,4-5,10,13,15-16,21-22H,3,6-9,11-12H2,1H3,(H,29,31)/t15-,16+,21-,22-/m0/s1. The van der Waals surface area contributed by atoms with Crippen LogP contribution >= 0.6 is 0 Å². The van der Waals surface area contributed by atoms with E-state index in [0.717, 1.165) is 49.9 Å². The van der Waals surface area contributed by atoms with E-state index in [-0.39, 0.29) is 11.6 Å². The molecule has 4 atom stereocenters. The fourth-order valence-corrected chi connectivity index (χ4v) is 5.62. The van der Waals surface area contributed by atoms with E-state index in [0.29, 0.717) is 36.8 Å². The number of aryl methyl sites for hydroxylation is 2. The molecule has 6 rings (SSSR count). The molecule has 0 spiro atoms. The SMILES string of the molecule is Cc1cc(N2C[C@H]3CC[C@@H](C2)[C@@H]3Nc2nc3n(n2)CCCO[C@H]3c2cccc(F)c2F)ncn1. The number of anilines is 2. The largest absolute Gasteiger partial charge is 0.365 e. The molecule has 3 aromatic rings. The number of rotatable bonds is 4. The van der Waals surface area contributed by atoms with E-state index in [9.17, 15) is 8.78 Å². The number of piperidine rings is 1. The van der Waals surface area contributed by atoms with Crippen LogP contribution in [0.4, 0.5) is 20.5 Å². The molecule has 1 saturated heterocycles. The molecule has 34 heavy (non-hydrogen) atoms. The summed E-state index contributed by atoms with van der Waals surface area (Å²) in [5.41, 5.74) is 1.11. The van der Waals surface area contributed by atoms with E-state index < -0.39 is 17.7 Å². The molecule has 1 aliphatic carbocycles. The van der Waals surface area contributed by atoms with E-state index in [1.165, 1.54) is 6.07 Å². The highest BCUT2D eigenvalue weighted by Crippen LogP contribution is 2.40. The van der Waals surface area contributed by atoms with Crippen LogP contribution in [0.5, 0.6) is 0 Å². The van der Waals surface area contributed by atoms with Gasteiger partial charge in [0.25, 0.3) is 0 Å². The average Bonchev–Trinajstić information content (AvgIpc) is 3.23. The molecule has 0 unspecified atom stereocenters. The summed E-state index contributed by atoms with van der Waals surface area (Å²) in [6, 6.07) is 6.44. The first-order chi connectivity index (χ1) is 16.6. The topological polar surface area (TPSA) is 81.0 Å². The molecular weight excluding hydrogens is 440 g/mol. The maximum atomic E-state index is 14.6. The normalized spacial score (nSPS) is 26.3. The molecule has 10 heteroatoms. The second-order valence-electron chi connectivity index (χ2n) is 9.45. The fourth-order valence-electron chi connectivity index (χ4n) is 5.62. The van der Waals surface area contributed by atoms with Crippen LogP contribution in [0, 0.1) is 30.4 Å². The van der Waals surface area contributed by atoms with E-state index in [2.05, 4.69) is 25.3 Å². The third kappa shape index (κ3) is 3.79. The zero-order valence-electron chi connectivity index (χ0n) is 19.0. The van der Waals surface area contributed by atoms with Crippen molar-refractivity contribution in [3.05, 3.63) is 59.3 Å². The minimum absolute atomic E-state index is 0.149. The summed E-state index contributed by atoms with van der Waals surface area (Å²) < 4.78 is 36.1. The predicted molar refractivity (Wildman–Crippen MR) is 121 cm³/mol. The molecule has 8 nitrogen and oxygen atoms in total. The summed E-state index contributed by atoms with van der Waals surface area (Å²) in [5.74, 6) is 1.11. The molecule has 3 aliphatic rings. The molecular formula is C24H27F2N7O. The predicted octanol–water partition coefficient (Wildman–Crippen LogP) is 3.49. The van der Waals surface area contributed by atoms with Crippen LogP contribution < -0.4 is 10.2 Å². The molecule has 1 saturated carbocycles. The minimum Gasteiger partial charge on any atom is -0.365 e. The van der Waals surface area contributed by atoms with Crippen LogP contribution in [-0.4, -0.2) is 50.5 Å². The van der Waals surface area contributed by atoms with Crippen molar-refractivity contribution in [2.45, 2.75) is 44.9 Å². The van der Waals surface area contributed by atoms with Gasteiger partial charge in [-0.05, 0) is 44.1 Å². The third-order valence-corrected chi connectivity index (χ3v) is 7.24. The van der Waals surface area contributed by atoms with Gasteiger partial charge in [0, 0.05) is 49.6 Å². The van der Waals surface area contributed by atoms with Crippen LogP contribution in [0.25, 0.3) is 0 Å². The second kappa shape index (κ2) is 8.57. The Bertz CT molecular complexity index is 1190. The Balaban J connectivity index is 1.23. The van der Waals surface area contributed by atoms with Gasteiger partial charge in [-0.3, -0.25) is 0 Å². The summed E-state index contributed by atoms with van der Waals surface area (Å²) in [7, 11) is 0. The smallest absolute Gasteiger partial charge is 0.242 e. The molecule has 2 aliphatic heterocycles. The Labute approximate surface area is 196 Å². The van der Waals surface area contributed by atoms with Gasteiger partial charge in [-0.2, -0.15) is 4.98 Å². The highest BCUT2D eigenvalue weighted by molar-refractivity contribution is 5.42. The van der Waals surface area contributed by atoms with Gasteiger partial charge in [-0.15, -0.1) is 5.10 Å². The first-order valence-electron chi connectivity index (χ1n) is 11.9. The molecule has 4 heterocycles. The molecule has 2 fully saturated rings. The lowest BCUT2D eigenvalue weighted by atomic mass is 9.92. The van der Waals surface area contributed by atoms with Gasteiger partial charge in [0.2, 0.25) is 5.95 Å². The Hall–Kier alpha value is -3.14. The summed E-state index contributed by atoms with van der Waals surface area (Å²) in [5, 5.41) is 8.26. The van der Waals surface area contributed by atoms with Gasteiger partial charge >= 0.3 is 0 Å². The molecule has 2 bridgehead atoms. The van der Waals surface area contributed by atoms with Gasteiger partial charge in [0.05, 0.1) is 0 Å². The first kappa shape index (κ1) is 21.4. The highest BCUT2D eigenvalue weighted by Gasteiger charge is 2.43. The van der Waals surface area contributed by atoms with Crippen molar-refractivity contribution < 1.29 is 13.5 Å². The Morgan fingerprint density at radius 3 is 2.74 bits per heavy atom. The van der Waals surface area contributed by atoms with Gasteiger partial charge in [-0.1, -0.05) is 12.1 Å². The van der Waals surface area contributed by atoms with Crippen molar-refractivity contribution in [3.8, 4) is 0 Å². The van der Waals surface area contributed by atoms with Crippen molar-refractivity contribution in [2.24, 2.45) is 11.8 Å². The number of aromatic nitrogens is 5. The molecule has 1 N–H and O–H groups in total. The average molecular weight is 468 g/mol. The number of ether oxygens (including phenoxy) is 1. The van der Waals surface area contributed by atoms with Gasteiger partial charge in [0.15, 0.2) is 17.5 Å². The Morgan fingerprint density at radius 1 is 1.12 bits per heavy atom. The fraction of sp³-hybridized carbons (Fsp3) is 0.500. The quantitative estimate of drug-likeness (QED) is 0.629. The van der Waals surface area contributed by atoms with E-state index in [1.54, 1.807) is 17.1 Å². The summed E-state index contributed by atoms with van der Waals surface area (Å²) >= 11 is 0. The highest BCUT2D eigenvalue weighted by atomic mass is 19.2. The van der Waals surface area contributed by atoms with Gasteiger partial charge < -0.3 is 15.0 Å². The lowest BCUT2D eigenvalue weighted by molar-refractivity contribution is 0.0782. The summed E-state index contributed by atoms with van der Waals surface area (Å²) in [6.07, 6.45) is 3.83. The lowest BCUT2D eigenvalue weighted by Gasteiger charge is -2.38. The molecule has 2 aromatic heterocycles. The maximum absolute atomic E-state index is 14.6. The molecule has 0 radical (unpaired) electrons. The van der Waals surface area contributed by atoms with Gasteiger partial charge in [0.1, 0.15) is 18.2 Å². The number of hydrogen-bond acceptors (Lipinski definition) is 7. The number of nitrogens with one attached hydrogen (secondary N) is 1. The van der Waals surface area contributed by atoms with E-state index >= 15 is 0 Å². The third-order valence-electron chi connectivity index (χ3n) is 7.24. The number of nitrogens with zero attached hydrogens (tertiary/aromatic N) is 6. The van der Waals surface area contributed by atoms with Crippen LogP contribution in [0.3, 0.4) is 0 Å². The van der Waals surface area contributed by atoms with Crippen LogP contribution in [0.1, 0.15) is 42.4 Å². The monoisotopic (exact) mass is 467 g/mol. The molecule has 1 aromatic carbocycles. The van der Waals surface area contributed by atoms with Crippen molar-refractivity contribution in [3.63, 3.8) is 0 Å². The summed E-state index contributed by atoms with van der Waals surface area (Å²) in [6.45, 7) is 4.86. The number of fused-ring (bicyclic) bond motifs is 3. The Morgan fingerprint density at radius 2 is 1.94 bits per heavy atom. The zero-order chi connectivity index (χ0) is 23.2. The number of halogens is 2. The van der Waals surface area contributed by atoms with Crippen molar-refractivity contribution in [2.75, 3.05) is 29.9 Å². The van der Waals surface area contributed by atoms with Crippen molar-refractivity contribution >= 4 is 11.8 Å². The van der Waals surface area contributed by atoms with Crippen LogP contribution in [0.15, 0.2) is 30.6 Å². The van der Waals surface area contributed by atoms with Crippen molar-refractivity contribution in [1.82, 2.24) is 24.7 Å². The minimum atomic E-state index is -0.899.